The van der Waals surface area contributed by atoms with Gasteiger partial charge in [-0.25, -0.2) is 4.79 Å². The number of benzene rings is 3. The van der Waals surface area contributed by atoms with E-state index < -0.39 is 11.9 Å². The summed E-state index contributed by atoms with van der Waals surface area (Å²) in [7, 11) is 0. The van der Waals surface area contributed by atoms with Crippen molar-refractivity contribution < 1.29 is 23.9 Å². The fourth-order valence-corrected chi connectivity index (χ4v) is 4.54. The topological polar surface area (TPSA) is 93.7 Å². The molecule has 1 aromatic heterocycles. The van der Waals surface area contributed by atoms with Crippen molar-refractivity contribution >= 4 is 51.4 Å². The Morgan fingerprint density at radius 3 is 2.27 bits per heavy atom. The molecule has 0 unspecified atom stereocenters. The molecule has 1 heterocycles. The average Bonchev–Trinajstić information content (AvgIpc) is 3.33. The lowest BCUT2D eigenvalue weighted by Gasteiger charge is -2.10. The largest absolute Gasteiger partial charge is 0.484 e. The highest BCUT2D eigenvalue weighted by atomic mass is 35.5. The Kier molecular flexibility index (Phi) is 8.56. The van der Waals surface area contributed by atoms with E-state index in [1.807, 2.05) is 35.7 Å². The molecule has 188 valence electrons. The summed E-state index contributed by atoms with van der Waals surface area (Å²) in [5.74, 6) is -0.812. The van der Waals surface area contributed by atoms with Gasteiger partial charge in [0.1, 0.15) is 16.3 Å². The van der Waals surface area contributed by atoms with Gasteiger partial charge in [-0.1, -0.05) is 41.9 Å². The summed E-state index contributed by atoms with van der Waals surface area (Å²) >= 11 is 7.11. The molecule has 37 heavy (non-hydrogen) atoms. The molecule has 0 radical (unpaired) electrons. The number of ether oxygens (including phenoxy) is 2. The van der Waals surface area contributed by atoms with Gasteiger partial charge < -0.3 is 20.1 Å². The molecular weight excluding hydrogens is 512 g/mol. The van der Waals surface area contributed by atoms with E-state index in [1.54, 1.807) is 55.5 Å². The number of anilines is 2. The summed E-state index contributed by atoms with van der Waals surface area (Å²) < 4.78 is 10.8. The lowest BCUT2D eigenvalue weighted by molar-refractivity contribution is -0.118. The van der Waals surface area contributed by atoms with E-state index in [4.69, 9.17) is 21.1 Å². The van der Waals surface area contributed by atoms with Crippen molar-refractivity contribution in [3.8, 4) is 16.9 Å². The molecule has 0 saturated carbocycles. The molecule has 0 bridgehead atoms. The number of hydrogen-bond acceptors (Lipinski definition) is 6. The van der Waals surface area contributed by atoms with Crippen LogP contribution < -0.4 is 15.4 Å². The molecule has 0 saturated heterocycles. The molecule has 0 aliphatic carbocycles. The van der Waals surface area contributed by atoms with Crippen molar-refractivity contribution in [2.45, 2.75) is 6.92 Å². The second-order valence-corrected chi connectivity index (χ2v) is 9.08. The van der Waals surface area contributed by atoms with Gasteiger partial charge in [0, 0.05) is 27.2 Å². The smallest absolute Gasteiger partial charge is 0.341 e. The molecule has 0 aliphatic rings. The van der Waals surface area contributed by atoms with Gasteiger partial charge in [-0.05, 0) is 61.0 Å². The highest BCUT2D eigenvalue weighted by Crippen LogP contribution is 2.36. The summed E-state index contributed by atoms with van der Waals surface area (Å²) in [4.78, 5) is 37.7. The molecular formula is C28H23ClN2O5S. The first-order chi connectivity index (χ1) is 17.9. The number of nitrogens with one attached hydrogen (secondary N) is 2. The summed E-state index contributed by atoms with van der Waals surface area (Å²) in [6, 6.07) is 22.6. The lowest BCUT2D eigenvalue weighted by atomic mass is 10.0. The van der Waals surface area contributed by atoms with Crippen LogP contribution in [0.25, 0.3) is 11.1 Å². The normalized spacial score (nSPS) is 10.4. The van der Waals surface area contributed by atoms with E-state index in [0.29, 0.717) is 38.2 Å². The Hall–Kier alpha value is -4.14. The maximum absolute atomic E-state index is 12.7. The fourth-order valence-electron chi connectivity index (χ4n) is 3.44. The second kappa shape index (κ2) is 12.2. The minimum atomic E-state index is -0.508. The first-order valence-electron chi connectivity index (χ1n) is 11.4. The Balaban J connectivity index is 1.38. The molecule has 4 rings (SSSR count). The summed E-state index contributed by atoms with van der Waals surface area (Å²) in [5, 5.41) is 8.31. The van der Waals surface area contributed by atoms with Crippen molar-refractivity contribution in [2.75, 3.05) is 23.8 Å². The Bertz CT molecular complexity index is 1390. The second-order valence-electron chi connectivity index (χ2n) is 7.76. The fraction of sp³-hybridized carbons (Fsp3) is 0.107. The highest BCUT2D eigenvalue weighted by molar-refractivity contribution is 7.15. The van der Waals surface area contributed by atoms with Gasteiger partial charge in [0.15, 0.2) is 6.61 Å². The van der Waals surface area contributed by atoms with Crippen molar-refractivity contribution in [2.24, 2.45) is 0 Å². The molecule has 0 fully saturated rings. The zero-order valence-corrected chi connectivity index (χ0v) is 21.4. The minimum absolute atomic E-state index is 0.215. The Morgan fingerprint density at radius 2 is 1.59 bits per heavy atom. The molecule has 0 spiro atoms. The Morgan fingerprint density at radius 1 is 0.892 bits per heavy atom. The summed E-state index contributed by atoms with van der Waals surface area (Å²) in [5.41, 5.74) is 2.89. The number of carbonyl (C=O) groups is 3. The van der Waals surface area contributed by atoms with Crippen molar-refractivity contribution in [1.29, 1.82) is 0 Å². The quantitative estimate of drug-likeness (QED) is 0.239. The molecule has 9 heteroatoms. The van der Waals surface area contributed by atoms with E-state index in [1.165, 1.54) is 11.3 Å². The van der Waals surface area contributed by atoms with Crippen LogP contribution in [0.1, 0.15) is 27.6 Å². The molecule has 0 atom stereocenters. The van der Waals surface area contributed by atoms with Crippen LogP contribution >= 0.6 is 22.9 Å². The van der Waals surface area contributed by atoms with Crippen LogP contribution in [0.2, 0.25) is 5.02 Å². The van der Waals surface area contributed by atoms with Gasteiger partial charge in [0.05, 0.1) is 6.61 Å². The summed E-state index contributed by atoms with van der Waals surface area (Å²) in [6.45, 7) is 1.66. The summed E-state index contributed by atoms with van der Waals surface area (Å²) in [6.07, 6.45) is 0. The predicted molar refractivity (Wildman–Crippen MR) is 146 cm³/mol. The zero-order valence-electron chi connectivity index (χ0n) is 19.8. The van der Waals surface area contributed by atoms with Crippen LogP contribution in [0, 0.1) is 0 Å². The maximum atomic E-state index is 12.7. The molecule has 7 nitrogen and oxygen atoms in total. The standard InChI is InChI=1S/C28H23ClN2O5S/c1-2-35-28(34)25-23(18-6-4-3-5-7-18)17-37-27(25)31-24(32)16-36-22-14-8-19(9-15-22)26(33)30-21-12-10-20(29)11-13-21/h3-15,17H,2,16H2,1H3,(H,30,33)(H,31,32). The number of amides is 2. The van der Waals surface area contributed by atoms with Crippen LogP contribution in [0.15, 0.2) is 84.2 Å². The van der Waals surface area contributed by atoms with Gasteiger partial charge in [0.25, 0.3) is 11.8 Å². The van der Waals surface area contributed by atoms with E-state index in [0.717, 1.165) is 5.56 Å². The van der Waals surface area contributed by atoms with Crippen LogP contribution in [-0.2, 0) is 9.53 Å². The number of hydrogen-bond donors (Lipinski definition) is 2. The van der Waals surface area contributed by atoms with E-state index >= 15 is 0 Å². The van der Waals surface area contributed by atoms with Crippen molar-refractivity contribution in [1.82, 2.24) is 0 Å². The maximum Gasteiger partial charge on any atom is 0.341 e. The number of halogens is 1. The molecule has 3 aromatic carbocycles. The number of thiophene rings is 1. The predicted octanol–water partition coefficient (Wildman–Crippen LogP) is 6.52. The van der Waals surface area contributed by atoms with Crippen molar-refractivity contribution in [3.05, 3.63) is 100 Å². The van der Waals surface area contributed by atoms with Gasteiger partial charge in [-0.15, -0.1) is 11.3 Å². The van der Waals surface area contributed by atoms with Gasteiger partial charge in [-0.2, -0.15) is 0 Å². The van der Waals surface area contributed by atoms with Gasteiger partial charge in [-0.3, -0.25) is 9.59 Å². The number of rotatable bonds is 9. The SMILES string of the molecule is CCOC(=O)c1c(-c2ccccc2)csc1NC(=O)COc1ccc(C(=O)Nc2ccc(Cl)cc2)cc1. The minimum Gasteiger partial charge on any atom is -0.484 e. The van der Waals surface area contributed by atoms with E-state index in [2.05, 4.69) is 10.6 Å². The van der Waals surface area contributed by atoms with Gasteiger partial charge >= 0.3 is 5.97 Å². The third-order valence-electron chi connectivity index (χ3n) is 5.20. The molecule has 2 amide bonds. The van der Waals surface area contributed by atoms with E-state index in [-0.39, 0.29) is 19.1 Å². The van der Waals surface area contributed by atoms with E-state index in [9.17, 15) is 14.4 Å². The highest BCUT2D eigenvalue weighted by Gasteiger charge is 2.23. The van der Waals surface area contributed by atoms with Crippen LogP contribution in [0.3, 0.4) is 0 Å². The molecule has 4 aromatic rings. The zero-order chi connectivity index (χ0) is 26.2. The van der Waals surface area contributed by atoms with Crippen LogP contribution in [0.5, 0.6) is 5.75 Å². The third-order valence-corrected chi connectivity index (χ3v) is 6.34. The Labute approximate surface area is 223 Å². The monoisotopic (exact) mass is 534 g/mol. The van der Waals surface area contributed by atoms with Crippen LogP contribution in [-0.4, -0.2) is 31.0 Å². The lowest BCUT2D eigenvalue weighted by Crippen LogP contribution is -2.21. The number of carbonyl (C=O) groups excluding carboxylic acids is 3. The molecule has 2 N–H and O–H groups in total. The third kappa shape index (κ3) is 6.75. The molecule has 0 aliphatic heterocycles. The first kappa shape index (κ1) is 25.9. The average molecular weight is 535 g/mol. The first-order valence-corrected chi connectivity index (χ1v) is 12.6. The number of esters is 1. The van der Waals surface area contributed by atoms with Crippen LogP contribution in [0.4, 0.5) is 10.7 Å². The van der Waals surface area contributed by atoms with Crippen molar-refractivity contribution in [3.63, 3.8) is 0 Å². The van der Waals surface area contributed by atoms with Gasteiger partial charge in [0.2, 0.25) is 0 Å².